The van der Waals surface area contributed by atoms with Crippen LogP contribution in [0, 0.1) is 0 Å². The molecule has 4 aromatic rings. The Kier molecular flexibility index (Phi) is 6.24. The molecule has 0 nitrogen and oxygen atoms in total. The second-order valence-electron chi connectivity index (χ2n) is 7.81. The molecule has 0 aromatic heterocycles. The molecule has 0 spiro atoms. The van der Waals surface area contributed by atoms with E-state index in [1.54, 1.807) is 17.7 Å². The fourth-order valence-corrected chi connectivity index (χ4v) is 14.0. The molecule has 0 N–H and O–H groups in total. The van der Waals surface area contributed by atoms with Crippen LogP contribution in [0.4, 0.5) is 0 Å². The Bertz CT molecular complexity index is 1200. The molecule has 0 radical (unpaired) electrons. The summed E-state index contributed by atoms with van der Waals surface area (Å²) in [6, 6.07) is 32.0. The van der Waals surface area contributed by atoms with Crippen molar-refractivity contribution in [2.75, 3.05) is 0 Å². The molecule has 4 aromatic carbocycles. The molecule has 0 amide bonds. The Morgan fingerprint density at radius 1 is 0.500 bits per heavy atom. The van der Waals surface area contributed by atoms with Crippen LogP contribution < -0.4 is 31.4 Å². The van der Waals surface area contributed by atoms with E-state index in [1.165, 1.54) is 33.4 Å². The predicted octanol–water partition coefficient (Wildman–Crippen LogP) is -2.05. The van der Waals surface area contributed by atoms with E-state index >= 15 is 0 Å². The summed E-state index contributed by atoms with van der Waals surface area (Å²) in [4.78, 5) is 0. The third kappa shape index (κ3) is 3.30. The predicted molar refractivity (Wildman–Crippen MR) is 117 cm³/mol. The first-order valence-electron chi connectivity index (χ1n) is 9.91. The van der Waals surface area contributed by atoms with Gasteiger partial charge in [-0.3, -0.25) is 0 Å². The van der Waals surface area contributed by atoms with Gasteiger partial charge in [-0.25, -0.2) is 0 Å². The monoisotopic (exact) mass is 520 g/mol. The quantitative estimate of drug-likeness (QED) is 0.230. The average Bonchev–Trinajstić information content (AvgIpc) is 3.31. The third-order valence-corrected chi connectivity index (χ3v) is 16.4. The zero-order valence-electron chi connectivity index (χ0n) is 16.5. The van der Waals surface area contributed by atoms with Crippen molar-refractivity contribution in [2.45, 2.75) is 12.8 Å². The van der Waals surface area contributed by atoms with Crippen molar-refractivity contribution in [1.29, 1.82) is 0 Å². The van der Waals surface area contributed by atoms with Crippen LogP contribution in [0.1, 0.15) is 22.3 Å². The Labute approximate surface area is 199 Å². The van der Waals surface area contributed by atoms with Crippen LogP contribution in [0.15, 0.2) is 84.9 Å². The number of rotatable bonds is 2. The van der Waals surface area contributed by atoms with Crippen molar-refractivity contribution in [3.05, 3.63) is 107 Å². The van der Waals surface area contributed by atoms with Gasteiger partial charge in [0.15, 0.2) is 0 Å². The molecule has 0 heterocycles. The number of hydrogen-bond donors (Lipinski definition) is 0. The molecule has 146 valence electrons. The summed E-state index contributed by atoms with van der Waals surface area (Å²) in [5.74, 6) is 0. The van der Waals surface area contributed by atoms with Crippen molar-refractivity contribution < 1.29 is 45.2 Å². The van der Waals surface area contributed by atoms with E-state index in [0.717, 1.165) is 12.8 Å². The van der Waals surface area contributed by atoms with Crippen LogP contribution in [-0.4, -0.2) is 6.88 Å². The number of halogens is 2. The Morgan fingerprint density at radius 3 is 1.37 bits per heavy atom. The number of fused-ring (bicyclic) bond motifs is 6. The number of hydrogen-bond acceptors (Lipinski definition) is 0. The summed E-state index contributed by atoms with van der Waals surface area (Å²) in [7, 11) is 0. The van der Waals surface area contributed by atoms with Crippen LogP contribution in [0.2, 0.25) is 0 Å². The Hall–Kier alpha value is -1.44. The van der Waals surface area contributed by atoms with Gasteiger partial charge in [0.2, 0.25) is 0 Å². The van der Waals surface area contributed by atoms with Gasteiger partial charge in [-0.1, -0.05) is 0 Å². The van der Waals surface area contributed by atoms with Crippen LogP contribution in [-0.2, 0) is 33.2 Å². The molecule has 0 unspecified atom stereocenters. The molecule has 6 rings (SSSR count). The summed E-state index contributed by atoms with van der Waals surface area (Å²) in [6.07, 6.45) is 2.22. The van der Waals surface area contributed by atoms with Gasteiger partial charge in [0.1, 0.15) is 0 Å². The second kappa shape index (κ2) is 8.60. The summed E-state index contributed by atoms with van der Waals surface area (Å²) in [6.45, 7) is 2.33. The summed E-state index contributed by atoms with van der Waals surface area (Å²) in [5.41, 5.74) is 12.1. The van der Waals surface area contributed by atoms with Gasteiger partial charge in [0, 0.05) is 0 Å². The standard InChI is InChI=1S/2C13H9.2ClH.H2Si.Zr/c2*1-3-7-12-10(5-1)9-11-6-2-4-8-13(11)12;;;;/h2*1-5,7-8H,9H2;2*1H;1H2;/q;;;;;+2/p-2. The first-order chi connectivity index (χ1) is 13.8. The van der Waals surface area contributed by atoms with Gasteiger partial charge in [0.25, 0.3) is 0 Å². The van der Waals surface area contributed by atoms with E-state index < -0.39 is 20.4 Å². The average molecular weight is 523 g/mol. The summed E-state index contributed by atoms with van der Waals surface area (Å²) >= 11 is -1.94. The molecule has 0 bridgehead atoms. The summed E-state index contributed by atoms with van der Waals surface area (Å²) in [5, 5.41) is 0. The molecule has 30 heavy (non-hydrogen) atoms. The fourth-order valence-electron chi connectivity index (χ4n) is 5.03. The molecule has 0 saturated heterocycles. The maximum absolute atomic E-state index is 2.44. The van der Waals surface area contributed by atoms with Crippen molar-refractivity contribution in [2.24, 2.45) is 0 Å². The molecule has 2 aliphatic rings. The van der Waals surface area contributed by atoms with Gasteiger partial charge in [-0.2, -0.15) is 0 Å². The van der Waals surface area contributed by atoms with Crippen molar-refractivity contribution in [3.63, 3.8) is 0 Å². The van der Waals surface area contributed by atoms with E-state index in [9.17, 15) is 0 Å². The number of benzene rings is 4. The maximum atomic E-state index is 2.44. The van der Waals surface area contributed by atoms with Gasteiger partial charge in [0.05, 0.1) is 0 Å². The van der Waals surface area contributed by atoms with Crippen molar-refractivity contribution in [1.82, 2.24) is 0 Å². The third-order valence-electron chi connectivity index (χ3n) is 6.35. The van der Waals surface area contributed by atoms with Gasteiger partial charge >= 0.3 is 176 Å². The molecule has 4 heteroatoms. The minimum atomic E-state index is -1.94. The van der Waals surface area contributed by atoms with E-state index in [1.807, 2.05) is 0 Å². The SMILES string of the molecule is [Cl-].[Cl-].[SiH2]=[Zr+2]([c]1cccc2c1Cc1ccccc1-2)[c]1cccc2c1Cc1ccccc1-2. The van der Waals surface area contributed by atoms with E-state index in [2.05, 4.69) is 91.8 Å². The first kappa shape index (κ1) is 21.8. The van der Waals surface area contributed by atoms with Gasteiger partial charge in [-0.05, 0) is 0 Å². The van der Waals surface area contributed by atoms with Crippen LogP contribution in [0.25, 0.3) is 22.3 Å². The fraction of sp³-hybridized carbons (Fsp3) is 0.0769. The summed E-state index contributed by atoms with van der Waals surface area (Å²) < 4.78 is 3.39. The van der Waals surface area contributed by atoms with Crippen molar-refractivity contribution in [3.8, 4) is 22.3 Å². The molecule has 0 saturated carbocycles. The van der Waals surface area contributed by atoms with E-state index in [4.69, 9.17) is 0 Å². The minimum absolute atomic E-state index is 0. The Morgan fingerprint density at radius 2 is 0.900 bits per heavy atom. The molecule has 0 atom stereocenters. The van der Waals surface area contributed by atoms with E-state index in [0.29, 0.717) is 0 Å². The first-order valence-corrected chi connectivity index (χ1v) is 18.3. The van der Waals surface area contributed by atoms with Gasteiger partial charge < -0.3 is 24.8 Å². The van der Waals surface area contributed by atoms with E-state index in [-0.39, 0.29) is 24.8 Å². The zero-order valence-corrected chi connectivity index (χ0v) is 21.8. The molecule has 0 aliphatic heterocycles. The topological polar surface area (TPSA) is 0 Å². The normalized spacial score (nSPS) is 11.7. The second-order valence-corrected chi connectivity index (χ2v) is 17.0. The van der Waals surface area contributed by atoms with Gasteiger partial charge in [-0.15, -0.1) is 0 Å². The molecular formula is C26H20Cl2SiZr. The molecule has 2 aliphatic carbocycles. The zero-order chi connectivity index (χ0) is 18.7. The van der Waals surface area contributed by atoms with Crippen LogP contribution in [0.5, 0.6) is 0 Å². The van der Waals surface area contributed by atoms with Crippen LogP contribution in [0.3, 0.4) is 0 Å². The molecular weight excluding hydrogens is 503 g/mol. The van der Waals surface area contributed by atoms with Crippen LogP contribution >= 0.6 is 0 Å². The van der Waals surface area contributed by atoms with Crippen molar-refractivity contribution >= 4 is 13.4 Å². The Balaban J connectivity index is 0.00000109. The molecule has 0 fully saturated rings.